The number of phenols is 2. The minimum Gasteiger partial charge on any atom is -0.504 e. The highest BCUT2D eigenvalue weighted by Crippen LogP contribution is 2.26. The zero-order valence-electron chi connectivity index (χ0n) is 12.2. The molecule has 1 aliphatic heterocycles. The molecule has 0 aromatic heterocycles. The van der Waals surface area contributed by atoms with Gasteiger partial charge >= 0.3 is 0 Å². The molecule has 2 atom stereocenters. The molecule has 2 rings (SSSR count). The third-order valence-electron chi connectivity index (χ3n) is 3.97. The first-order valence-corrected chi connectivity index (χ1v) is 7.27. The minimum atomic E-state index is -0.131. The van der Waals surface area contributed by atoms with Crippen LogP contribution in [0.1, 0.15) is 32.3 Å². The molecule has 2 N–H and O–H groups in total. The van der Waals surface area contributed by atoms with Crippen LogP contribution in [0.25, 0.3) is 0 Å². The Morgan fingerprint density at radius 3 is 2.80 bits per heavy atom. The molecule has 1 aliphatic rings. The molecule has 2 unspecified atom stereocenters. The minimum absolute atomic E-state index is 0.107. The van der Waals surface area contributed by atoms with Gasteiger partial charge in [-0.25, -0.2) is 0 Å². The molecule has 1 fully saturated rings. The lowest BCUT2D eigenvalue weighted by atomic mass is 9.95. The second-order valence-electron chi connectivity index (χ2n) is 5.96. The van der Waals surface area contributed by atoms with Crippen molar-refractivity contribution in [3.05, 3.63) is 23.8 Å². The quantitative estimate of drug-likeness (QED) is 0.835. The van der Waals surface area contributed by atoms with Crippen molar-refractivity contribution in [3.63, 3.8) is 0 Å². The van der Waals surface area contributed by atoms with Crippen molar-refractivity contribution in [1.29, 1.82) is 0 Å². The Bertz CT molecular complexity index is 487. The summed E-state index contributed by atoms with van der Waals surface area (Å²) in [5, 5.41) is 18.8. The fourth-order valence-corrected chi connectivity index (χ4v) is 2.84. The third kappa shape index (κ3) is 3.44. The van der Waals surface area contributed by atoms with Gasteiger partial charge in [0, 0.05) is 19.0 Å². The molecule has 0 saturated carbocycles. The zero-order chi connectivity index (χ0) is 14.7. The molecule has 1 saturated heterocycles. The van der Waals surface area contributed by atoms with Gasteiger partial charge in [-0.05, 0) is 42.9 Å². The Hall–Kier alpha value is -1.71. The summed E-state index contributed by atoms with van der Waals surface area (Å²) in [5.41, 5.74) is 0.867. The molecule has 20 heavy (non-hydrogen) atoms. The molecule has 4 heteroatoms. The van der Waals surface area contributed by atoms with E-state index in [9.17, 15) is 15.0 Å². The van der Waals surface area contributed by atoms with Crippen LogP contribution in [-0.2, 0) is 11.2 Å². The summed E-state index contributed by atoms with van der Waals surface area (Å²) in [6.07, 6.45) is 2.86. The highest BCUT2D eigenvalue weighted by molar-refractivity contribution is 5.79. The van der Waals surface area contributed by atoms with Gasteiger partial charge in [0.05, 0.1) is 0 Å². The summed E-state index contributed by atoms with van der Waals surface area (Å²) in [5.74, 6) is 0.400. The van der Waals surface area contributed by atoms with E-state index in [0.717, 1.165) is 25.1 Å². The first-order chi connectivity index (χ1) is 9.47. The number of benzene rings is 1. The largest absolute Gasteiger partial charge is 0.504 e. The predicted molar refractivity (Wildman–Crippen MR) is 77.6 cm³/mol. The second kappa shape index (κ2) is 6.16. The van der Waals surface area contributed by atoms with Gasteiger partial charge in [0.2, 0.25) is 5.91 Å². The maximum atomic E-state index is 12.4. The summed E-state index contributed by atoms with van der Waals surface area (Å²) in [6, 6.07) is 4.74. The van der Waals surface area contributed by atoms with E-state index in [1.54, 1.807) is 6.07 Å². The number of hydrogen-bond donors (Lipinski definition) is 2. The number of phenolic OH excluding ortho intramolecular Hbond substituents is 2. The number of carbonyl (C=O) groups excluding carboxylic acids is 1. The van der Waals surface area contributed by atoms with Crippen LogP contribution >= 0.6 is 0 Å². The van der Waals surface area contributed by atoms with E-state index < -0.39 is 0 Å². The number of amides is 1. The maximum absolute atomic E-state index is 12.4. The fourth-order valence-electron chi connectivity index (χ4n) is 2.84. The Morgan fingerprint density at radius 1 is 1.40 bits per heavy atom. The van der Waals surface area contributed by atoms with Gasteiger partial charge in [0.25, 0.3) is 0 Å². The Labute approximate surface area is 120 Å². The Balaban J connectivity index is 1.98. The van der Waals surface area contributed by atoms with Crippen LogP contribution in [-0.4, -0.2) is 34.1 Å². The molecule has 1 heterocycles. The molecular formula is C16H23NO3. The van der Waals surface area contributed by atoms with Crippen LogP contribution in [0.4, 0.5) is 0 Å². The highest BCUT2D eigenvalue weighted by Gasteiger charge is 2.25. The summed E-state index contributed by atoms with van der Waals surface area (Å²) >= 11 is 0. The number of hydrogen-bond acceptors (Lipinski definition) is 3. The van der Waals surface area contributed by atoms with Crippen molar-refractivity contribution in [2.75, 3.05) is 13.1 Å². The summed E-state index contributed by atoms with van der Waals surface area (Å²) in [6.45, 7) is 5.81. The number of rotatable bonds is 3. The number of nitrogens with zero attached hydrogens (tertiary/aromatic N) is 1. The lowest BCUT2D eigenvalue weighted by Gasteiger charge is -2.32. The predicted octanol–water partition coefficient (Wildman–Crippen LogP) is 2.53. The SMILES string of the molecule is CC1CCCN(C(=O)C(C)Cc2ccc(O)c(O)c2)C1. The topological polar surface area (TPSA) is 60.8 Å². The van der Waals surface area contributed by atoms with Gasteiger partial charge in [0.1, 0.15) is 0 Å². The Morgan fingerprint density at radius 2 is 2.15 bits per heavy atom. The van der Waals surface area contributed by atoms with Crippen molar-refractivity contribution < 1.29 is 15.0 Å². The average Bonchev–Trinajstić information content (AvgIpc) is 2.42. The van der Waals surface area contributed by atoms with E-state index in [4.69, 9.17) is 0 Å². The number of aromatic hydroxyl groups is 2. The molecule has 110 valence electrons. The van der Waals surface area contributed by atoms with Gasteiger partial charge in [-0.15, -0.1) is 0 Å². The van der Waals surface area contributed by atoms with E-state index >= 15 is 0 Å². The Kier molecular flexibility index (Phi) is 4.53. The van der Waals surface area contributed by atoms with Crippen LogP contribution in [0, 0.1) is 11.8 Å². The lowest BCUT2D eigenvalue weighted by molar-refractivity contribution is -0.136. The van der Waals surface area contributed by atoms with E-state index in [1.807, 2.05) is 11.8 Å². The zero-order valence-corrected chi connectivity index (χ0v) is 12.2. The smallest absolute Gasteiger partial charge is 0.225 e. The van der Waals surface area contributed by atoms with Crippen molar-refractivity contribution >= 4 is 5.91 Å². The summed E-state index contributed by atoms with van der Waals surface area (Å²) in [7, 11) is 0. The molecule has 4 nitrogen and oxygen atoms in total. The molecule has 1 aromatic rings. The first kappa shape index (κ1) is 14.7. The van der Waals surface area contributed by atoms with Crippen molar-refractivity contribution in [3.8, 4) is 11.5 Å². The molecule has 1 aromatic carbocycles. The van der Waals surface area contributed by atoms with Crippen LogP contribution in [0.5, 0.6) is 11.5 Å². The van der Waals surface area contributed by atoms with Gasteiger partial charge in [-0.1, -0.05) is 19.9 Å². The molecule has 0 spiro atoms. The number of piperidine rings is 1. The average molecular weight is 277 g/mol. The second-order valence-corrected chi connectivity index (χ2v) is 5.96. The van der Waals surface area contributed by atoms with Gasteiger partial charge in [-0.3, -0.25) is 4.79 Å². The molecular weight excluding hydrogens is 254 g/mol. The van der Waals surface area contributed by atoms with Gasteiger partial charge in [0.15, 0.2) is 11.5 Å². The van der Waals surface area contributed by atoms with Crippen molar-refractivity contribution in [1.82, 2.24) is 4.90 Å². The van der Waals surface area contributed by atoms with Crippen molar-refractivity contribution in [2.24, 2.45) is 11.8 Å². The molecule has 0 radical (unpaired) electrons. The first-order valence-electron chi connectivity index (χ1n) is 7.27. The number of likely N-dealkylation sites (tertiary alicyclic amines) is 1. The standard InChI is InChI=1S/C16H23NO3/c1-11-4-3-7-17(10-11)16(20)12(2)8-13-5-6-14(18)15(19)9-13/h5-6,9,11-12,18-19H,3-4,7-8,10H2,1-2H3. The van der Waals surface area contributed by atoms with E-state index in [-0.39, 0.29) is 23.3 Å². The van der Waals surface area contributed by atoms with Crippen LogP contribution in [0.3, 0.4) is 0 Å². The van der Waals surface area contributed by atoms with Crippen molar-refractivity contribution in [2.45, 2.75) is 33.1 Å². The number of carbonyl (C=O) groups is 1. The van der Waals surface area contributed by atoms with E-state index in [2.05, 4.69) is 6.92 Å². The summed E-state index contributed by atoms with van der Waals surface area (Å²) < 4.78 is 0. The monoisotopic (exact) mass is 277 g/mol. The normalized spacial score (nSPS) is 20.7. The fraction of sp³-hybridized carbons (Fsp3) is 0.562. The maximum Gasteiger partial charge on any atom is 0.225 e. The molecule has 0 aliphatic carbocycles. The molecule has 0 bridgehead atoms. The van der Waals surface area contributed by atoms with E-state index in [0.29, 0.717) is 12.3 Å². The van der Waals surface area contributed by atoms with Crippen LogP contribution in [0.15, 0.2) is 18.2 Å². The van der Waals surface area contributed by atoms with Gasteiger partial charge < -0.3 is 15.1 Å². The van der Waals surface area contributed by atoms with E-state index in [1.165, 1.54) is 18.6 Å². The van der Waals surface area contributed by atoms with Gasteiger partial charge in [-0.2, -0.15) is 0 Å². The van der Waals surface area contributed by atoms with Crippen LogP contribution in [0.2, 0.25) is 0 Å². The van der Waals surface area contributed by atoms with Crippen LogP contribution < -0.4 is 0 Å². The molecule has 1 amide bonds. The third-order valence-corrected chi connectivity index (χ3v) is 3.97. The highest BCUT2D eigenvalue weighted by atomic mass is 16.3. The summed E-state index contributed by atoms with van der Waals surface area (Å²) in [4.78, 5) is 14.4. The lowest BCUT2D eigenvalue weighted by Crippen LogP contribution is -2.42.